The Bertz CT molecular complexity index is 1830. The van der Waals surface area contributed by atoms with Crippen LogP contribution in [-0.4, -0.2) is 57.1 Å². The molecule has 9 heteroatoms. The number of fused-ring (bicyclic) bond motifs is 1. The molecule has 2 aliphatic rings. The summed E-state index contributed by atoms with van der Waals surface area (Å²) in [7, 11) is -0.408. The maximum atomic E-state index is 13.0. The average molecular weight is 597 g/mol. The molecule has 2 aromatic heterocycles. The number of hydrogen-bond donors (Lipinski definition) is 1. The summed E-state index contributed by atoms with van der Waals surface area (Å²) in [5, 5.41) is 17.5. The van der Waals surface area contributed by atoms with Crippen LogP contribution >= 0.6 is 7.14 Å². The molecule has 5 aromatic rings. The largest absolute Gasteiger partial charge is 0.487 e. The molecule has 0 bridgehead atoms. The highest BCUT2D eigenvalue weighted by Crippen LogP contribution is 2.48. The second kappa shape index (κ2) is 11.1. The summed E-state index contributed by atoms with van der Waals surface area (Å²) in [4.78, 5) is 5.30. The number of nitrogens with zero attached hydrogens (tertiary/aromatic N) is 4. The predicted octanol–water partition coefficient (Wildman–Crippen LogP) is 6.13. The predicted molar refractivity (Wildman–Crippen MR) is 170 cm³/mol. The van der Waals surface area contributed by atoms with Crippen molar-refractivity contribution >= 4 is 23.3 Å². The summed E-state index contributed by atoms with van der Waals surface area (Å²) in [5.74, 6) is 1.95. The van der Waals surface area contributed by atoms with Crippen molar-refractivity contribution in [3.8, 4) is 28.4 Å². The van der Waals surface area contributed by atoms with Crippen LogP contribution in [0.15, 0.2) is 72.9 Å². The molecule has 8 nitrogen and oxygen atoms in total. The maximum absolute atomic E-state index is 13.0. The van der Waals surface area contributed by atoms with Gasteiger partial charge >= 0.3 is 0 Å². The van der Waals surface area contributed by atoms with Crippen molar-refractivity contribution < 1.29 is 19.1 Å². The van der Waals surface area contributed by atoms with E-state index in [2.05, 4.69) is 17.7 Å². The van der Waals surface area contributed by atoms with Gasteiger partial charge in [0.2, 0.25) is 0 Å². The zero-order valence-corrected chi connectivity index (χ0v) is 25.7. The van der Waals surface area contributed by atoms with Crippen LogP contribution in [-0.2, 0) is 22.9 Å². The number of benzene rings is 3. The van der Waals surface area contributed by atoms with Gasteiger partial charge in [-0.3, -0.25) is 4.68 Å². The number of hydrogen-bond acceptors (Lipinski definition) is 6. The smallest absolute Gasteiger partial charge is 0.144 e. The third-order valence-electron chi connectivity index (χ3n) is 8.51. The lowest BCUT2D eigenvalue weighted by Gasteiger charge is -2.18. The van der Waals surface area contributed by atoms with Gasteiger partial charge in [0.1, 0.15) is 24.8 Å². The van der Waals surface area contributed by atoms with Gasteiger partial charge in [0.05, 0.1) is 42.6 Å². The van der Waals surface area contributed by atoms with Crippen molar-refractivity contribution in [2.24, 2.45) is 7.05 Å². The van der Waals surface area contributed by atoms with E-state index in [4.69, 9.17) is 19.6 Å². The van der Waals surface area contributed by atoms with E-state index < -0.39 is 13.2 Å². The van der Waals surface area contributed by atoms with Crippen molar-refractivity contribution in [2.45, 2.75) is 43.9 Å². The molecule has 2 atom stereocenters. The summed E-state index contributed by atoms with van der Waals surface area (Å²) in [5.41, 5.74) is 5.79. The SMILES string of the molecule is Cn1c(-c2ccc(P(C)(C)=O)cc2O[C@@H]2CCOC2)nc(-c2cccc3nn(C[C@H](O)c4ccccc4)cc23)c1C1CC1. The Morgan fingerprint density at radius 2 is 1.86 bits per heavy atom. The number of aliphatic hydroxyl groups excluding tert-OH is 1. The highest BCUT2D eigenvalue weighted by atomic mass is 31.2. The number of aromatic nitrogens is 4. The number of rotatable bonds is 9. The Morgan fingerprint density at radius 1 is 1.05 bits per heavy atom. The van der Waals surface area contributed by atoms with Crippen LogP contribution in [0.25, 0.3) is 33.5 Å². The number of imidazole rings is 1. The normalized spacial score (nSPS) is 17.9. The van der Waals surface area contributed by atoms with E-state index >= 15 is 0 Å². The molecule has 1 N–H and O–H groups in total. The van der Waals surface area contributed by atoms with Crippen LogP contribution in [0.3, 0.4) is 0 Å². The van der Waals surface area contributed by atoms with Crippen molar-refractivity contribution in [1.29, 1.82) is 0 Å². The maximum Gasteiger partial charge on any atom is 0.144 e. The Labute approximate surface area is 251 Å². The minimum absolute atomic E-state index is 0.0458. The second-order valence-corrected chi connectivity index (χ2v) is 15.4. The zero-order valence-electron chi connectivity index (χ0n) is 24.8. The molecule has 0 spiro atoms. The molecule has 0 radical (unpaired) electrons. The fourth-order valence-corrected chi connectivity index (χ4v) is 6.90. The Balaban J connectivity index is 1.31. The summed E-state index contributed by atoms with van der Waals surface area (Å²) < 4.78 is 29.1. The third-order valence-corrected chi connectivity index (χ3v) is 10.0. The van der Waals surface area contributed by atoms with Gasteiger partial charge in [0, 0.05) is 47.5 Å². The summed E-state index contributed by atoms with van der Waals surface area (Å²) in [6, 6.07) is 21.7. The van der Waals surface area contributed by atoms with Crippen LogP contribution in [0.5, 0.6) is 5.75 Å². The van der Waals surface area contributed by atoms with Crippen LogP contribution in [0.2, 0.25) is 0 Å². The minimum atomic E-state index is -2.49. The minimum Gasteiger partial charge on any atom is -0.487 e. The van der Waals surface area contributed by atoms with Gasteiger partial charge in [-0.2, -0.15) is 5.10 Å². The fraction of sp³-hybridized carbons (Fsp3) is 0.353. The molecule has 0 amide bonds. The van der Waals surface area contributed by atoms with Crippen molar-refractivity contribution in [3.63, 3.8) is 0 Å². The molecule has 222 valence electrons. The molecule has 1 saturated carbocycles. The molecule has 7 rings (SSSR count). The topological polar surface area (TPSA) is 91.4 Å². The molecular weight excluding hydrogens is 559 g/mol. The van der Waals surface area contributed by atoms with E-state index in [0.29, 0.717) is 31.4 Å². The van der Waals surface area contributed by atoms with Crippen molar-refractivity contribution in [1.82, 2.24) is 19.3 Å². The standard InChI is InChI=1S/C34H37N4O4P/c1-37-33(23-12-13-23)32(26-10-7-11-29-28(26)19-38(36-29)20-30(39)22-8-5-4-6-9-22)35-34(37)27-15-14-25(43(2,3)40)18-31(27)42-24-16-17-41-21-24/h4-11,14-15,18-19,23-24,30,39H,12-13,16-17,20-21H2,1-3H3/t24-,30+/m1/s1. The number of ether oxygens (including phenoxy) is 2. The highest BCUT2D eigenvalue weighted by molar-refractivity contribution is 7.70. The Kier molecular flexibility index (Phi) is 7.24. The summed E-state index contributed by atoms with van der Waals surface area (Å²) in [6.45, 7) is 5.15. The first kappa shape index (κ1) is 28.1. The molecule has 1 saturated heterocycles. The van der Waals surface area contributed by atoms with Gasteiger partial charge in [-0.1, -0.05) is 48.5 Å². The third kappa shape index (κ3) is 5.55. The van der Waals surface area contributed by atoms with Gasteiger partial charge in [-0.25, -0.2) is 4.98 Å². The average Bonchev–Trinajstić information content (AvgIpc) is 3.36. The molecule has 3 heterocycles. The van der Waals surface area contributed by atoms with E-state index in [1.165, 1.54) is 5.69 Å². The summed E-state index contributed by atoms with van der Waals surface area (Å²) in [6.07, 6.45) is 4.39. The fourth-order valence-electron chi connectivity index (χ4n) is 6.04. The van der Waals surface area contributed by atoms with E-state index in [0.717, 1.165) is 63.7 Å². The quantitative estimate of drug-likeness (QED) is 0.206. The van der Waals surface area contributed by atoms with Gasteiger partial charge in [-0.05, 0) is 49.9 Å². The van der Waals surface area contributed by atoms with E-state index in [1.54, 1.807) is 13.3 Å². The highest BCUT2D eigenvalue weighted by Gasteiger charge is 2.33. The Hall–Kier alpha value is -3.71. The monoisotopic (exact) mass is 596 g/mol. The molecular formula is C34H37N4O4P. The van der Waals surface area contributed by atoms with Crippen LogP contribution in [0.1, 0.15) is 42.5 Å². The zero-order chi connectivity index (χ0) is 29.7. The molecule has 43 heavy (non-hydrogen) atoms. The Morgan fingerprint density at radius 3 is 2.58 bits per heavy atom. The number of aliphatic hydroxyl groups is 1. The van der Waals surface area contributed by atoms with Crippen LogP contribution < -0.4 is 10.0 Å². The van der Waals surface area contributed by atoms with E-state index in [1.807, 2.05) is 71.5 Å². The lowest BCUT2D eigenvalue weighted by Crippen LogP contribution is -2.18. The first-order chi connectivity index (χ1) is 20.8. The van der Waals surface area contributed by atoms with E-state index in [-0.39, 0.29) is 6.10 Å². The molecule has 2 fully saturated rings. The molecule has 1 aliphatic carbocycles. The van der Waals surface area contributed by atoms with Gasteiger partial charge in [0.15, 0.2) is 0 Å². The van der Waals surface area contributed by atoms with Crippen molar-refractivity contribution in [2.75, 3.05) is 26.5 Å². The lowest BCUT2D eigenvalue weighted by molar-refractivity contribution is 0.142. The van der Waals surface area contributed by atoms with Crippen LogP contribution in [0, 0.1) is 0 Å². The summed E-state index contributed by atoms with van der Waals surface area (Å²) >= 11 is 0. The van der Waals surface area contributed by atoms with Crippen molar-refractivity contribution in [3.05, 3.63) is 84.2 Å². The molecule has 1 aliphatic heterocycles. The first-order valence-electron chi connectivity index (χ1n) is 15.0. The van der Waals surface area contributed by atoms with Gasteiger partial charge < -0.3 is 23.7 Å². The van der Waals surface area contributed by atoms with Gasteiger partial charge in [0.25, 0.3) is 0 Å². The molecule has 3 aromatic carbocycles. The van der Waals surface area contributed by atoms with E-state index in [9.17, 15) is 9.67 Å². The first-order valence-corrected chi connectivity index (χ1v) is 17.6. The van der Waals surface area contributed by atoms with Gasteiger partial charge in [-0.15, -0.1) is 0 Å². The molecule has 0 unspecified atom stereocenters. The van der Waals surface area contributed by atoms with Crippen LogP contribution in [0.4, 0.5) is 0 Å². The lowest BCUT2D eigenvalue weighted by atomic mass is 10.0. The second-order valence-electron chi connectivity index (χ2n) is 12.2.